The lowest BCUT2D eigenvalue weighted by molar-refractivity contribution is -0.384. The second kappa shape index (κ2) is 20.4. The average Bonchev–Trinajstić information content (AvgIpc) is 3.20. The molecule has 6 atom stereocenters. The maximum absolute atomic E-state index is 14.1. The van der Waals surface area contributed by atoms with Crippen molar-refractivity contribution < 1.29 is 43.7 Å². The number of aliphatic hydroxyl groups excluding tert-OH is 2. The third-order valence-electron chi connectivity index (χ3n) is 10.8. The number of non-ortho nitro benzene ring substituents is 1. The highest BCUT2D eigenvalue weighted by Gasteiger charge is 2.65. The molecule has 1 heterocycles. The maximum Gasteiger partial charge on any atom is 0.410 e. The van der Waals surface area contributed by atoms with Gasteiger partial charge in [0.05, 0.1) is 35.8 Å². The SMILES string of the molecule is C=CCCOC(=O)N(CCC)[C@H]1CC(=NOCC)C2=C[C@H](CCCCO)[C@@H](CCCCO)[C@@H]3c4cc(Oc5cccc([N+](=O)[O-])c5)ccc4O[C@@]1(OCC=C)[C@H]23. The van der Waals surface area contributed by atoms with Crippen LogP contribution < -0.4 is 9.47 Å². The number of hydrogen-bond donors (Lipinski definition) is 2. The first-order chi connectivity index (χ1) is 27.3. The molecule has 56 heavy (non-hydrogen) atoms. The van der Waals surface area contributed by atoms with Gasteiger partial charge in [-0.25, -0.2) is 4.79 Å². The number of nitro groups is 1. The van der Waals surface area contributed by atoms with Crippen molar-refractivity contribution in [2.75, 3.05) is 39.6 Å². The van der Waals surface area contributed by atoms with E-state index in [0.717, 1.165) is 36.8 Å². The number of hydrogen-bond acceptors (Lipinski definition) is 11. The van der Waals surface area contributed by atoms with Crippen molar-refractivity contribution in [1.29, 1.82) is 0 Å². The molecule has 1 amide bonds. The molecule has 13 nitrogen and oxygen atoms in total. The number of fused-ring (bicyclic) bond motifs is 2. The number of rotatable bonds is 22. The zero-order valence-corrected chi connectivity index (χ0v) is 32.7. The molecule has 5 rings (SSSR count). The summed E-state index contributed by atoms with van der Waals surface area (Å²) >= 11 is 0. The first kappa shape index (κ1) is 42.4. The number of ether oxygens (including phenoxy) is 4. The number of nitrogens with zero attached hydrogens (tertiary/aromatic N) is 3. The Hall–Kier alpha value is -4.72. The standard InChI is InChI=1S/C43H57N3O10/c1-5-9-25-52-42(49)45(21-6-2)39-29-37(44-54-8-4)35-26-30(15-10-12-22-47)34(18-11-13-23-48)40-36-28-33(55-32-17-14-16-31(27-32)46(50)51)19-20-38(36)56-43(39,41(35)40)53-24-7-3/h5,7,14,16-17,19-20,26-28,30,34,39-41,47-48H,1,3,6,8-13,15,18,21-25,29H2,2,4H3/t30-,34+,39-,40+,41+,43+/m0/s1. The molecule has 1 fully saturated rings. The topological polar surface area (TPSA) is 162 Å². The van der Waals surface area contributed by atoms with E-state index in [1.165, 1.54) is 12.1 Å². The van der Waals surface area contributed by atoms with Crippen molar-refractivity contribution in [2.24, 2.45) is 22.9 Å². The second-order valence-electron chi connectivity index (χ2n) is 14.4. The number of carbonyl (C=O) groups is 1. The number of oxime groups is 1. The lowest BCUT2D eigenvalue weighted by atomic mass is 9.55. The lowest BCUT2D eigenvalue weighted by Crippen LogP contribution is -2.70. The van der Waals surface area contributed by atoms with E-state index < -0.39 is 28.8 Å². The summed E-state index contributed by atoms with van der Waals surface area (Å²) in [4.78, 5) is 32.7. The van der Waals surface area contributed by atoms with Gasteiger partial charge in [0, 0.05) is 43.7 Å². The van der Waals surface area contributed by atoms with Crippen molar-refractivity contribution in [3.05, 3.63) is 95.1 Å². The van der Waals surface area contributed by atoms with Crippen LogP contribution in [-0.2, 0) is 14.3 Å². The maximum atomic E-state index is 14.1. The van der Waals surface area contributed by atoms with E-state index in [0.29, 0.717) is 61.8 Å². The summed E-state index contributed by atoms with van der Waals surface area (Å²) in [5, 5.41) is 35.9. The summed E-state index contributed by atoms with van der Waals surface area (Å²) in [6.07, 6.45) is 11.0. The van der Waals surface area contributed by atoms with Crippen LogP contribution in [0, 0.1) is 27.9 Å². The van der Waals surface area contributed by atoms with Crippen LogP contribution in [0.2, 0.25) is 0 Å². The predicted molar refractivity (Wildman–Crippen MR) is 213 cm³/mol. The summed E-state index contributed by atoms with van der Waals surface area (Å²) in [5.41, 5.74) is 2.40. The minimum atomic E-state index is -1.41. The van der Waals surface area contributed by atoms with Gasteiger partial charge in [0.1, 0.15) is 29.9 Å². The first-order valence-electron chi connectivity index (χ1n) is 19.9. The van der Waals surface area contributed by atoms with Crippen LogP contribution in [0.1, 0.15) is 83.1 Å². The second-order valence-corrected chi connectivity index (χ2v) is 14.4. The van der Waals surface area contributed by atoms with Gasteiger partial charge in [0.2, 0.25) is 5.79 Å². The molecule has 0 radical (unpaired) electrons. The molecular formula is C43H57N3O10. The molecule has 1 saturated carbocycles. The summed E-state index contributed by atoms with van der Waals surface area (Å²) in [7, 11) is 0. The summed E-state index contributed by atoms with van der Waals surface area (Å²) in [5.74, 6) is -0.732. The van der Waals surface area contributed by atoms with Crippen LogP contribution >= 0.6 is 0 Å². The molecule has 2 N–H and O–H groups in total. The third-order valence-corrected chi connectivity index (χ3v) is 10.8. The number of carbonyl (C=O) groups excluding carboxylic acids is 1. The van der Waals surface area contributed by atoms with E-state index >= 15 is 0 Å². The van der Waals surface area contributed by atoms with Crippen molar-refractivity contribution in [3.63, 3.8) is 0 Å². The van der Waals surface area contributed by atoms with E-state index in [9.17, 15) is 25.1 Å². The van der Waals surface area contributed by atoms with E-state index in [2.05, 4.69) is 19.2 Å². The molecule has 0 aromatic heterocycles. The Kier molecular flexibility index (Phi) is 15.5. The van der Waals surface area contributed by atoms with E-state index in [1.54, 1.807) is 35.3 Å². The van der Waals surface area contributed by atoms with Gasteiger partial charge in [-0.05, 0) is 87.1 Å². The zero-order valence-electron chi connectivity index (χ0n) is 32.7. The Morgan fingerprint density at radius 3 is 2.54 bits per heavy atom. The quantitative estimate of drug-likeness (QED) is 0.0514. The van der Waals surface area contributed by atoms with Crippen LogP contribution in [0.4, 0.5) is 10.5 Å². The molecule has 2 aromatic carbocycles. The summed E-state index contributed by atoms with van der Waals surface area (Å²) in [6.45, 7) is 12.8. The number of allylic oxidation sites excluding steroid dienone is 1. The van der Waals surface area contributed by atoms with Crippen molar-refractivity contribution in [3.8, 4) is 17.2 Å². The Bertz CT molecular complexity index is 1730. The molecule has 0 unspecified atom stereocenters. The highest BCUT2D eigenvalue weighted by molar-refractivity contribution is 6.03. The van der Waals surface area contributed by atoms with Gasteiger partial charge in [-0.3, -0.25) is 15.0 Å². The van der Waals surface area contributed by atoms with Gasteiger partial charge >= 0.3 is 6.09 Å². The molecule has 304 valence electrons. The Morgan fingerprint density at radius 1 is 1.07 bits per heavy atom. The molecule has 13 heteroatoms. The van der Waals surface area contributed by atoms with E-state index in [1.807, 2.05) is 26.0 Å². The minimum Gasteiger partial charge on any atom is -0.459 e. The number of nitro benzene ring substituents is 1. The molecule has 1 aliphatic heterocycles. The fourth-order valence-corrected chi connectivity index (χ4v) is 8.58. The molecule has 0 spiro atoms. The fourth-order valence-electron chi connectivity index (χ4n) is 8.58. The molecular weight excluding hydrogens is 718 g/mol. The fraction of sp³-hybridized carbons (Fsp3) is 0.535. The van der Waals surface area contributed by atoms with Crippen LogP contribution in [0.25, 0.3) is 0 Å². The van der Waals surface area contributed by atoms with Gasteiger partial charge in [0.15, 0.2) is 0 Å². The number of unbranched alkanes of at least 4 members (excludes halogenated alkanes) is 2. The van der Waals surface area contributed by atoms with Crippen LogP contribution in [0.15, 0.2) is 84.6 Å². The van der Waals surface area contributed by atoms with Gasteiger partial charge in [-0.15, -0.1) is 13.2 Å². The third kappa shape index (κ3) is 9.45. The van der Waals surface area contributed by atoms with Crippen molar-refractivity contribution in [2.45, 2.75) is 89.4 Å². The molecule has 0 saturated heterocycles. The first-order valence-corrected chi connectivity index (χ1v) is 19.9. The molecule has 2 aliphatic carbocycles. The summed E-state index contributed by atoms with van der Waals surface area (Å²) < 4.78 is 26.2. The smallest absolute Gasteiger partial charge is 0.410 e. The largest absolute Gasteiger partial charge is 0.459 e. The van der Waals surface area contributed by atoms with Gasteiger partial charge in [-0.1, -0.05) is 49.2 Å². The van der Waals surface area contributed by atoms with Gasteiger partial charge < -0.3 is 34.0 Å². The number of benzene rings is 2. The highest BCUT2D eigenvalue weighted by Crippen LogP contribution is 2.62. The molecule has 3 aliphatic rings. The number of amides is 1. The van der Waals surface area contributed by atoms with E-state index in [-0.39, 0.29) is 56.3 Å². The van der Waals surface area contributed by atoms with Crippen LogP contribution in [0.3, 0.4) is 0 Å². The molecule has 2 aromatic rings. The highest BCUT2D eigenvalue weighted by atomic mass is 16.7. The Labute approximate surface area is 329 Å². The zero-order chi connectivity index (χ0) is 40.1. The lowest BCUT2D eigenvalue weighted by Gasteiger charge is -2.59. The Morgan fingerprint density at radius 2 is 1.84 bits per heavy atom. The van der Waals surface area contributed by atoms with Crippen LogP contribution in [0.5, 0.6) is 17.2 Å². The van der Waals surface area contributed by atoms with Crippen molar-refractivity contribution in [1.82, 2.24) is 4.90 Å². The minimum absolute atomic E-state index is 0.0164. The van der Waals surface area contributed by atoms with Crippen LogP contribution in [-0.4, -0.2) is 83.2 Å². The number of aliphatic hydroxyl groups is 2. The van der Waals surface area contributed by atoms with Crippen molar-refractivity contribution >= 4 is 17.5 Å². The average molecular weight is 776 g/mol. The predicted octanol–water partition coefficient (Wildman–Crippen LogP) is 8.47. The monoisotopic (exact) mass is 775 g/mol. The van der Waals surface area contributed by atoms with E-state index in [4.69, 9.17) is 28.9 Å². The summed E-state index contributed by atoms with van der Waals surface area (Å²) in [6, 6.07) is 10.9. The molecule has 0 bridgehead atoms. The van der Waals surface area contributed by atoms with Gasteiger partial charge in [-0.2, -0.15) is 0 Å². The van der Waals surface area contributed by atoms with Gasteiger partial charge in [0.25, 0.3) is 5.69 Å². The normalized spacial score (nSPS) is 24.2. The Balaban J connectivity index is 1.76.